The molecule has 1 aromatic carbocycles. The Kier molecular flexibility index (Phi) is 8.25. The highest BCUT2D eigenvalue weighted by Gasteiger charge is 2.35. The SMILES string of the molecule is CCOC(=O)Cn1ncc2c1CCCC2N(C)S(=O)(=O)c1cnc(Oc2cc(Cl)ccc2Cl)c(Br)c1. The molecule has 2 aromatic heterocycles. The maximum Gasteiger partial charge on any atom is 0.327 e. The summed E-state index contributed by atoms with van der Waals surface area (Å²) in [4.78, 5) is 16.1. The summed E-state index contributed by atoms with van der Waals surface area (Å²) in [6.45, 7) is 2.01. The number of hydrogen-bond acceptors (Lipinski definition) is 7. The first-order chi connectivity index (χ1) is 17.1. The van der Waals surface area contributed by atoms with Gasteiger partial charge in [-0.1, -0.05) is 23.2 Å². The predicted octanol–water partition coefficient (Wildman–Crippen LogP) is 5.40. The summed E-state index contributed by atoms with van der Waals surface area (Å²) in [5.41, 5.74) is 1.61. The van der Waals surface area contributed by atoms with E-state index in [1.165, 1.54) is 23.6 Å². The lowest BCUT2D eigenvalue weighted by molar-refractivity contribution is -0.144. The summed E-state index contributed by atoms with van der Waals surface area (Å²) in [6, 6.07) is 5.75. The van der Waals surface area contributed by atoms with Crippen molar-refractivity contribution in [1.82, 2.24) is 19.1 Å². The second-order valence-electron chi connectivity index (χ2n) is 8.07. The van der Waals surface area contributed by atoms with Crippen molar-refractivity contribution < 1.29 is 22.7 Å². The van der Waals surface area contributed by atoms with Crippen LogP contribution in [0.2, 0.25) is 10.0 Å². The zero-order chi connectivity index (χ0) is 26.0. The van der Waals surface area contributed by atoms with E-state index in [0.717, 1.165) is 17.7 Å². The van der Waals surface area contributed by atoms with Crippen molar-refractivity contribution >= 4 is 55.1 Å². The fourth-order valence-corrected chi connectivity index (χ4v) is 6.29. The molecule has 0 radical (unpaired) electrons. The smallest absolute Gasteiger partial charge is 0.327 e. The van der Waals surface area contributed by atoms with Crippen LogP contribution in [0, 0.1) is 0 Å². The minimum Gasteiger partial charge on any atom is -0.465 e. The van der Waals surface area contributed by atoms with Gasteiger partial charge in [-0.15, -0.1) is 0 Å². The Bertz CT molecular complexity index is 1400. The zero-order valence-electron chi connectivity index (χ0n) is 19.4. The van der Waals surface area contributed by atoms with E-state index in [-0.39, 0.29) is 29.9 Å². The summed E-state index contributed by atoms with van der Waals surface area (Å²) < 4.78 is 41.0. The molecule has 9 nitrogen and oxygen atoms in total. The highest BCUT2D eigenvalue weighted by molar-refractivity contribution is 9.10. The molecule has 2 heterocycles. The molecule has 0 aliphatic heterocycles. The molecule has 0 spiro atoms. The molecule has 0 saturated heterocycles. The molecule has 0 bridgehead atoms. The van der Waals surface area contributed by atoms with Gasteiger partial charge in [0.15, 0.2) is 0 Å². The van der Waals surface area contributed by atoms with Crippen molar-refractivity contribution in [2.75, 3.05) is 13.7 Å². The number of rotatable bonds is 8. The third-order valence-corrected chi connectivity index (χ3v) is 8.76. The molecule has 1 atom stereocenters. The van der Waals surface area contributed by atoms with Crippen LogP contribution in [0.4, 0.5) is 0 Å². The van der Waals surface area contributed by atoms with Crippen LogP contribution in [-0.4, -0.2) is 47.1 Å². The number of nitrogens with zero attached hydrogens (tertiary/aromatic N) is 4. The van der Waals surface area contributed by atoms with Crippen LogP contribution in [0.5, 0.6) is 11.6 Å². The highest BCUT2D eigenvalue weighted by Crippen LogP contribution is 2.38. The molecule has 1 aliphatic rings. The lowest BCUT2D eigenvalue weighted by Crippen LogP contribution is -2.33. The van der Waals surface area contributed by atoms with Crippen molar-refractivity contribution in [2.24, 2.45) is 0 Å². The number of sulfonamides is 1. The number of ether oxygens (including phenoxy) is 2. The average Bonchev–Trinajstić information content (AvgIpc) is 3.25. The van der Waals surface area contributed by atoms with Crippen molar-refractivity contribution in [3.8, 4) is 11.6 Å². The number of fused-ring (bicyclic) bond motifs is 1. The first-order valence-corrected chi connectivity index (χ1v) is 14.1. The summed E-state index contributed by atoms with van der Waals surface area (Å²) in [7, 11) is -2.39. The van der Waals surface area contributed by atoms with Crippen molar-refractivity contribution in [2.45, 2.75) is 43.7 Å². The molecular weight excluding hydrogens is 595 g/mol. The average molecular weight is 618 g/mol. The van der Waals surface area contributed by atoms with Crippen LogP contribution in [0.1, 0.15) is 37.1 Å². The van der Waals surface area contributed by atoms with Gasteiger partial charge in [0.05, 0.1) is 34.5 Å². The molecule has 0 amide bonds. The van der Waals surface area contributed by atoms with Gasteiger partial charge in [-0.3, -0.25) is 9.48 Å². The Balaban J connectivity index is 1.57. The van der Waals surface area contributed by atoms with Gasteiger partial charge in [0, 0.05) is 29.4 Å². The van der Waals surface area contributed by atoms with Crippen LogP contribution < -0.4 is 4.74 Å². The minimum atomic E-state index is -3.92. The largest absolute Gasteiger partial charge is 0.465 e. The van der Waals surface area contributed by atoms with E-state index in [1.807, 2.05) is 0 Å². The number of halogens is 3. The molecule has 0 fully saturated rings. The molecule has 4 rings (SSSR count). The first-order valence-electron chi connectivity index (χ1n) is 11.1. The number of carbonyl (C=O) groups excluding carboxylic acids is 1. The minimum absolute atomic E-state index is 0.00699. The van der Waals surface area contributed by atoms with Gasteiger partial charge >= 0.3 is 5.97 Å². The van der Waals surface area contributed by atoms with Gasteiger partial charge in [0.2, 0.25) is 15.9 Å². The standard InChI is InChI=1S/C23H23BrCl2N4O5S/c1-3-34-22(31)13-30-20-6-4-5-19(16(20)12-28-30)29(2)36(32,33)15-10-17(24)23(27-11-15)35-21-9-14(25)7-8-18(21)26/h7-12,19H,3-6,13H2,1-2H3. The summed E-state index contributed by atoms with van der Waals surface area (Å²) >= 11 is 15.5. The van der Waals surface area contributed by atoms with Crippen LogP contribution in [0.25, 0.3) is 0 Å². The Morgan fingerprint density at radius 1 is 1.28 bits per heavy atom. The molecule has 3 aromatic rings. The quantitative estimate of drug-likeness (QED) is 0.312. The van der Waals surface area contributed by atoms with Gasteiger partial charge in [0.25, 0.3) is 0 Å². The summed E-state index contributed by atoms with van der Waals surface area (Å²) in [5, 5.41) is 5.09. The normalized spacial score (nSPS) is 15.6. The van der Waals surface area contributed by atoms with Gasteiger partial charge in [-0.2, -0.15) is 9.40 Å². The van der Waals surface area contributed by atoms with Gasteiger partial charge in [-0.25, -0.2) is 13.4 Å². The Morgan fingerprint density at radius 2 is 2.06 bits per heavy atom. The molecule has 0 saturated carbocycles. The second-order valence-corrected chi connectivity index (χ2v) is 11.8. The lowest BCUT2D eigenvalue weighted by Gasteiger charge is -2.30. The topological polar surface area (TPSA) is 104 Å². The molecule has 0 N–H and O–H groups in total. The van der Waals surface area contributed by atoms with E-state index in [2.05, 4.69) is 26.0 Å². The molecule has 1 aliphatic carbocycles. The Labute approximate surface area is 227 Å². The lowest BCUT2D eigenvalue weighted by atomic mass is 9.93. The van der Waals surface area contributed by atoms with E-state index in [0.29, 0.717) is 33.1 Å². The molecule has 192 valence electrons. The monoisotopic (exact) mass is 616 g/mol. The van der Waals surface area contributed by atoms with Crippen LogP contribution in [-0.2, 0) is 32.5 Å². The highest BCUT2D eigenvalue weighted by atomic mass is 79.9. The summed E-state index contributed by atoms with van der Waals surface area (Å²) in [6.07, 6.45) is 4.94. The van der Waals surface area contributed by atoms with Crippen molar-refractivity contribution in [3.05, 3.63) is 62.4 Å². The number of hydrogen-bond donors (Lipinski definition) is 0. The summed E-state index contributed by atoms with van der Waals surface area (Å²) in [5.74, 6) is 0.0458. The van der Waals surface area contributed by atoms with Crippen LogP contribution in [0.15, 0.2) is 46.0 Å². The van der Waals surface area contributed by atoms with Crippen LogP contribution in [0.3, 0.4) is 0 Å². The fraction of sp³-hybridized carbons (Fsp3) is 0.348. The van der Waals surface area contributed by atoms with Gasteiger partial charge in [0.1, 0.15) is 17.2 Å². The number of benzene rings is 1. The van der Waals surface area contributed by atoms with Gasteiger partial charge < -0.3 is 9.47 Å². The number of aromatic nitrogens is 3. The van der Waals surface area contributed by atoms with E-state index < -0.39 is 16.1 Å². The number of carbonyl (C=O) groups is 1. The second kappa shape index (κ2) is 11.1. The van der Waals surface area contributed by atoms with E-state index >= 15 is 0 Å². The number of pyridine rings is 1. The fourth-order valence-electron chi connectivity index (χ4n) is 4.06. The van der Waals surface area contributed by atoms with Gasteiger partial charge in [-0.05, 0) is 60.3 Å². The molecule has 36 heavy (non-hydrogen) atoms. The maximum absolute atomic E-state index is 13.5. The molecular formula is C23H23BrCl2N4O5S. The van der Waals surface area contributed by atoms with Crippen LogP contribution >= 0.6 is 39.1 Å². The first kappa shape index (κ1) is 26.9. The zero-order valence-corrected chi connectivity index (χ0v) is 23.4. The van der Waals surface area contributed by atoms with E-state index in [4.69, 9.17) is 32.7 Å². The van der Waals surface area contributed by atoms with Crippen molar-refractivity contribution in [1.29, 1.82) is 0 Å². The molecule has 13 heteroatoms. The van der Waals surface area contributed by atoms with E-state index in [9.17, 15) is 13.2 Å². The Morgan fingerprint density at radius 3 is 2.78 bits per heavy atom. The van der Waals surface area contributed by atoms with E-state index in [1.54, 1.807) is 36.0 Å². The third-order valence-electron chi connectivity index (χ3n) is 5.81. The maximum atomic E-state index is 13.5. The predicted molar refractivity (Wildman–Crippen MR) is 138 cm³/mol. The Hall–Kier alpha value is -2.18. The molecule has 1 unspecified atom stereocenters. The number of esters is 1. The van der Waals surface area contributed by atoms with Crippen molar-refractivity contribution in [3.63, 3.8) is 0 Å². The third kappa shape index (κ3) is 5.55.